The number of benzene rings is 1. The van der Waals surface area contributed by atoms with Gasteiger partial charge in [-0.25, -0.2) is 4.98 Å². The van der Waals surface area contributed by atoms with E-state index < -0.39 is 0 Å². The van der Waals surface area contributed by atoms with E-state index >= 15 is 0 Å². The van der Waals surface area contributed by atoms with Gasteiger partial charge in [0.1, 0.15) is 5.39 Å². The van der Waals surface area contributed by atoms with Gasteiger partial charge in [-0.3, -0.25) is 14.7 Å². The molecule has 0 aliphatic rings. The second-order valence-electron chi connectivity index (χ2n) is 4.64. The maximum absolute atomic E-state index is 12.1. The van der Waals surface area contributed by atoms with Crippen molar-refractivity contribution in [2.45, 2.75) is 12.1 Å². The summed E-state index contributed by atoms with van der Waals surface area (Å²) in [6.07, 6.45) is 0. The average Bonchev–Trinajstić information content (AvgIpc) is 2.87. The molecule has 0 saturated carbocycles. The zero-order valence-electron chi connectivity index (χ0n) is 11.5. The van der Waals surface area contributed by atoms with Gasteiger partial charge >= 0.3 is 0 Å². The number of Topliss-reactive ketones (excluding diaryl/α,β-unsaturated/α-hetero) is 1. The molecule has 112 valence electrons. The van der Waals surface area contributed by atoms with Gasteiger partial charge in [-0.1, -0.05) is 39.8 Å². The van der Waals surface area contributed by atoms with Gasteiger partial charge in [0.2, 0.25) is 0 Å². The smallest absolute Gasteiger partial charge is 0.262 e. The minimum Gasteiger partial charge on any atom is -0.301 e. The molecule has 0 bridgehead atoms. The van der Waals surface area contributed by atoms with Crippen molar-refractivity contribution < 1.29 is 4.79 Å². The molecule has 2 N–H and O–H groups in total. The first kappa shape index (κ1) is 15.0. The Morgan fingerprint density at radius 2 is 2.05 bits per heavy atom. The molecule has 0 amide bonds. The summed E-state index contributed by atoms with van der Waals surface area (Å²) in [5.41, 5.74) is 1.40. The van der Waals surface area contributed by atoms with Gasteiger partial charge in [0, 0.05) is 15.7 Å². The lowest BCUT2D eigenvalue weighted by atomic mass is 10.2. The number of aromatic amines is 2. The molecule has 1 aromatic carbocycles. The molecule has 0 atom stereocenters. The summed E-state index contributed by atoms with van der Waals surface area (Å²) in [5.74, 6) is 0.165. The second-order valence-corrected chi connectivity index (χ2v) is 6.52. The van der Waals surface area contributed by atoms with Crippen LogP contribution in [0.2, 0.25) is 0 Å². The van der Waals surface area contributed by atoms with Gasteiger partial charge in [0.05, 0.1) is 5.75 Å². The number of halogens is 1. The zero-order valence-corrected chi connectivity index (χ0v) is 13.9. The van der Waals surface area contributed by atoms with E-state index in [-0.39, 0.29) is 17.1 Å². The van der Waals surface area contributed by atoms with Crippen molar-refractivity contribution in [2.24, 2.45) is 0 Å². The van der Waals surface area contributed by atoms with E-state index in [4.69, 9.17) is 0 Å². The van der Waals surface area contributed by atoms with E-state index in [1.807, 2.05) is 12.1 Å². The number of carbonyl (C=O) groups is 1. The molecule has 3 rings (SSSR count). The Hall–Kier alpha value is -1.93. The van der Waals surface area contributed by atoms with Crippen LogP contribution < -0.4 is 5.56 Å². The minimum absolute atomic E-state index is 0.0292. The van der Waals surface area contributed by atoms with Crippen LogP contribution in [0, 0.1) is 6.92 Å². The molecule has 0 radical (unpaired) electrons. The van der Waals surface area contributed by atoms with Crippen LogP contribution in [0.15, 0.2) is 38.7 Å². The lowest BCUT2D eigenvalue weighted by Gasteiger charge is -2.01. The number of hydrogen-bond donors (Lipinski definition) is 2. The highest BCUT2D eigenvalue weighted by Gasteiger charge is 2.12. The van der Waals surface area contributed by atoms with Crippen LogP contribution in [0.25, 0.3) is 11.0 Å². The molecule has 0 unspecified atom stereocenters. The van der Waals surface area contributed by atoms with Crippen LogP contribution in [0.4, 0.5) is 0 Å². The molecule has 8 heteroatoms. The Labute approximate surface area is 137 Å². The summed E-state index contributed by atoms with van der Waals surface area (Å²) in [5, 5.41) is 7.53. The number of aromatic nitrogens is 4. The first-order valence-corrected chi connectivity index (χ1v) is 8.19. The van der Waals surface area contributed by atoms with Gasteiger partial charge in [-0.15, -0.1) is 0 Å². The minimum atomic E-state index is -0.255. The Kier molecular flexibility index (Phi) is 4.12. The monoisotopic (exact) mass is 378 g/mol. The summed E-state index contributed by atoms with van der Waals surface area (Å²) in [6, 6.07) is 7.14. The number of thioether (sulfide) groups is 1. The third-order valence-corrected chi connectivity index (χ3v) is 4.49. The number of rotatable bonds is 4. The quantitative estimate of drug-likeness (QED) is 0.413. The van der Waals surface area contributed by atoms with E-state index in [2.05, 4.69) is 36.1 Å². The van der Waals surface area contributed by atoms with Crippen molar-refractivity contribution in [3.8, 4) is 0 Å². The van der Waals surface area contributed by atoms with Crippen LogP contribution in [0.5, 0.6) is 0 Å². The normalized spacial score (nSPS) is 11.0. The molecule has 2 heterocycles. The highest BCUT2D eigenvalue weighted by atomic mass is 79.9. The lowest BCUT2D eigenvalue weighted by Crippen LogP contribution is -2.10. The number of nitrogens with one attached hydrogen (secondary N) is 2. The molecule has 6 nitrogen and oxygen atoms in total. The third-order valence-electron chi connectivity index (χ3n) is 3.09. The average molecular weight is 379 g/mol. The van der Waals surface area contributed by atoms with E-state index in [1.54, 1.807) is 19.1 Å². The highest BCUT2D eigenvalue weighted by Crippen LogP contribution is 2.17. The standard InChI is InChI=1S/C14H11BrN4O2S/c1-7-11-12(19-18-7)16-14(17-13(11)21)22-6-10(20)8-2-4-9(15)5-3-8/h2-5H,6H2,1H3,(H2,16,17,18,19,21). The van der Waals surface area contributed by atoms with E-state index in [0.717, 1.165) is 4.47 Å². The van der Waals surface area contributed by atoms with Gasteiger partial charge in [-0.2, -0.15) is 5.10 Å². The Bertz CT molecular complexity index is 901. The molecule has 0 aliphatic heterocycles. The molecule has 0 aliphatic carbocycles. The molecule has 2 aromatic heterocycles. The number of nitrogens with zero attached hydrogens (tertiary/aromatic N) is 2. The SMILES string of the molecule is Cc1[nH]nc2nc(SCC(=O)c3ccc(Br)cc3)[nH]c(=O)c12. The topological polar surface area (TPSA) is 91.5 Å². The summed E-state index contributed by atoms with van der Waals surface area (Å²) in [4.78, 5) is 31.0. The molecular weight excluding hydrogens is 368 g/mol. The predicted molar refractivity (Wildman–Crippen MR) is 88.4 cm³/mol. The molecule has 0 saturated heterocycles. The van der Waals surface area contributed by atoms with Crippen LogP contribution in [0.3, 0.4) is 0 Å². The van der Waals surface area contributed by atoms with Gasteiger partial charge in [-0.05, 0) is 19.1 Å². The summed E-state index contributed by atoms with van der Waals surface area (Å²) in [7, 11) is 0. The lowest BCUT2D eigenvalue weighted by molar-refractivity contribution is 0.102. The number of aryl methyl sites for hydroxylation is 1. The van der Waals surface area contributed by atoms with Crippen molar-refractivity contribution in [3.63, 3.8) is 0 Å². The summed E-state index contributed by atoms with van der Waals surface area (Å²) < 4.78 is 0.919. The Morgan fingerprint density at radius 3 is 2.77 bits per heavy atom. The molecule has 0 fully saturated rings. The summed E-state index contributed by atoms with van der Waals surface area (Å²) in [6.45, 7) is 1.76. The van der Waals surface area contributed by atoms with E-state index in [1.165, 1.54) is 11.8 Å². The third kappa shape index (κ3) is 2.97. The highest BCUT2D eigenvalue weighted by molar-refractivity contribution is 9.10. The van der Waals surface area contributed by atoms with Crippen molar-refractivity contribution in [3.05, 3.63) is 50.3 Å². The first-order chi connectivity index (χ1) is 10.5. The number of H-pyrrole nitrogens is 2. The molecular formula is C14H11BrN4O2S. The fourth-order valence-electron chi connectivity index (χ4n) is 1.97. The Balaban J connectivity index is 1.77. The molecule has 0 spiro atoms. The summed E-state index contributed by atoms with van der Waals surface area (Å²) >= 11 is 4.51. The van der Waals surface area contributed by atoms with Crippen LogP contribution >= 0.6 is 27.7 Å². The second kappa shape index (κ2) is 6.05. The van der Waals surface area contributed by atoms with Crippen molar-refractivity contribution in [2.75, 3.05) is 5.75 Å². The van der Waals surface area contributed by atoms with Crippen molar-refractivity contribution >= 4 is 44.5 Å². The largest absolute Gasteiger partial charge is 0.301 e. The number of hydrogen-bond acceptors (Lipinski definition) is 5. The zero-order chi connectivity index (χ0) is 15.7. The van der Waals surface area contributed by atoms with Crippen LogP contribution in [0.1, 0.15) is 16.1 Å². The number of ketones is 1. The fraction of sp³-hybridized carbons (Fsp3) is 0.143. The van der Waals surface area contributed by atoms with E-state index in [0.29, 0.717) is 27.4 Å². The van der Waals surface area contributed by atoms with Gasteiger partial charge < -0.3 is 4.98 Å². The van der Waals surface area contributed by atoms with Crippen LogP contribution in [-0.4, -0.2) is 31.7 Å². The fourth-order valence-corrected chi connectivity index (χ4v) is 2.99. The Morgan fingerprint density at radius 1 is 1.32 bits per heavy atom. The predicted octanol–water partition coefficient (Wildman–Crippen LogP) is 2.69. The van der Waals surface area contributed by atoms with Gasteiger partial charge in [0.15, 0.2) is 16.6 Å². The maximum atomic E-state index is 12.1. The molecule has 3 aromatic rings. The maximum Gasteiger partial charge on any atom is 0.262 e. The van der Waals surface area contributed by atoms with Crippen molar-refractivity contribution in [1.29, 1.82) is 0 Å². The molecule has 22 heavy (non-hydrogen) atoms. The first-order valence-electron chi connectivity index (χ1n) is 6.41. The van der Waals surface area contributed by atoms with Gasteiger partial charge in [0.25, 0.3) is 5.56 Å². The van der Waals surface area contributed by atoms with Crippen LogP contribution in [-0.2, 0) is 0 Å². The number of carbonyl (C=O) groups excluding carboxylic acids is 1. The van der Waals surface area contributed by atoms with E-state index in [9.17, 15) is 9.59 Å². The van der Waals surface area contributed by atoms with Crippen molar-refractivity contribution in [1.82, 2.24) is 20.2 Å². The number of fused-ring (bicyclic) bond motifs is 1.